The molecule has 1 amide bonds. The number of hydrogen-bond donors (Lipinski definition) is 1. The Morgan fingerprint density at radius 3 is 2.82 bits per heavy atom. The van der Waals surface area contributed by atoms with Crippen molar-refractivity contribution in [2.24, 2.45) is 5.92 Å². The van der Waals surface area contributed by atoms with Crippen molar-refractivity contribution in [1.29, 1.82) is 0 Å². The zero-order valence-electron chi connectivity index (χ0n) is 20.3. The molecule has 33 heavy (non-hydrogen) atoms. The summed E-state index contributed by atoms with van der Waals surface area (Å²) in [5, 5.41) is 0.647. The summed E-state index contributed by atoms with van der Waals surface area (Å²) in [6.45, 7) is 13.1. The SMILES string of the molecule is C=C(/C=C\C(=C/C)Oc1nc2ccccc2s1)CCN1CCCC(C(=O)NSC)CC1.CC. The molecule has 0 aliphatic carbocycles. The predicted molar refractivity (Wildman–Crippen MR) is 144 cm³/mol. The number of carbonyl (C=O) groups is 1. The Labute approximate surface area is 207 Å². The lowest BCUT2D eigenvalue weighted by molar-refractivity contribution is -0.123. The molecule has 1 N–H and O–H groups in total. The summed E-state index contributed by atoms with van der Waals surface area (Å²) < 4.78 is 9.95. The van der Waals surface area contributed by atoms with Gasteiger partial charge in [0.2, 0.25) is 5.91 Å². The molecule has 5 nitrogen and oxygen atoms in total. The van der Waals surface area contributed by atoms with Gasteiger partial charge in [-0.3, -0.25) is 4.79 Å². The summed E-state index contributed by atoms with van der Waals surface area (Å²) in [6.07, 6.45) is 11.7. The van der Waals surface area contributed by atoms with Gasteiger partial charge >= 0.3 is 0 Å². The van der Waals surface area contributed by atoms with Crippen LogP contribution in [0, 0.1) is 5.92 Å². The van der Waals surface area contributed by atoms with Crippen LogP contribution >= 0.6 is 23.3 Å². The lowest BCUT2D eigenvalue weighted by Crippen LogP contribution is -2.28. The Morgan fingerprint density at radius 2 is 2.09 bits per heavy atom. The number of ether oxygens (including phenoxy) is 1. The van der Waals surface area contributed by atoms with E-state index in [-0.39, 0.29) is 11.8 Å². The van der Waals surface area contributed by atoms with Crippen molar-refractivity contribution in [3.63, 3.8) is 0 Å². The zero-order valence-corrected chi connectivity index (χ0v) is 21.9. The molecule has 1 fully saturated rings. The highest BCUT2D eigenvalue weighted by atomic mass is 32.2. The van der Waals surface area contributed by atoms with Gasteiger partial charge in [0.1, 0.15) is 5.76 Å². The maximum Gasteiger partial charge on any atom is 0.279 e. The molecule has 0 radical (unpaired) electrons. The van der Waals surface area contributed by atoms with Gasteiger partial charge in [-0.05, 0) is 70.0 Å². The van der Waals surface area contributed by atoms with Crippen LogP contribution in [-0.2, 0) is 4.79 Å². The molecular weight excluding hydrogens is 450 g/mol. The van der Waals surface area contributed by atoms with E-state index in [4.69, 9.17) is 4.74 Å². The van der Waals surface area contributed by atoms with E-state index in [1.54, 1.807) is 11.3 Å². The summed E-state index contributed by atoms with van der Waals surface area (Å²) in [5.74, 6) is 1.07. The van der Waals surface area contributed by atoms with Crippen LogP contribution in [0.2, 0.25) is 0 Å². The van der Waals surface area contributed by atoms with Crippen LogP contribution in [0.3, 0.4) is 0 Å². The average molecular weight is 488 g/mol. The van der Waals surface area contributed by atoms with E-state index in [1.807, 2.05) is 69.5 Å². The number of para-hydroxylation sites is 1. The van der Waals surface area contributed by atoms with Gasteiger partial charge in [-0.2, -0.15) is 0 Å². The number of thiazole rings is 1. The summed E-state index contributed by atoms with van der Waals surface area (Å²) in [5.41, 5.74) is 2.02. The molecule has 1 atom stereocenters. The smallest absolute Gasteiger partial charge is 0.279 e. The van der Waals surface area contributed by atoms with E-state index in [0.717, 1.165) is 66.9 Å². The molecule has 1 saturated heterocycles. The monoisotopic (exact) mass is 487 g/mol. The van der Waals surface area contributed by atoms with Crippen molar-refractivity contribution in [3.8, 4) is 5.19 Å². The number of amides is 1. The molecular formula is C26H37N3O2S2. The zero-order chi connectivity index (χ0) is 24.1. The average Bonchev–Trinajstić information content (AvgIpc) is 3.09. The van der Waals surface area contributed by atoms with Crippen LogP contribution in [0.4, 0.5) is 0 Å². The second kappa shape index (κ2) is 14.9. The van der Waals surface area contributed by atoms with E-state index in [1.165, 1.54) is 11.9 Å². The Hall–Kier alpha value is -2.09. The molecule has 1 aliphatic rings. The highest BCUT2D eigenvalue weighted by Crippen LogP contribution is 2.28. The van der Waals surface area contributed by atoms with Gasteiger partial charge in [0, 0.05) is 18.7 Å². The van der Waals surface area contributed by atoms with E-state index in [2.05, 4.69) is 21.2 Å². The molecule has 1 aromatic carbocycles. The number of carbonyl (C=O) groups excluding carboxylic acids is 1. The number of nitrogens with zero attached hydrogens (tertiary/aromatic N) is 2. The van der Waals surface area contributed by atoms with Crippen molar-refractivity contribution >= 4 is 39.4 Å². The summed E-state index contributed by atoms with van der Waals surface area (Å²) in [7, 11) is 0. The minimum absolute atomic E-state index is 0.137. The number of rotatable bonds is 9. The molecule has 0 saturated carbocycles. The van der Waals surface area contributed by atoms with Gasteiger partial charge in [-0.1, -0.05) is 67.5 Å². The quantitative estimate of drug-likeness (QED) is 0.245. The molecule has 180 valence electrons. The van der Waals surface area contributed by atoms with Crippen LogP contribution in [0.15, 0.2) is 60.4 Å². The van der Waals surface area contributed by atoms with Crippen molar-refractivity contribution < 1.29 is 9.53 Å². The van der Waals surface area contributed by atoms with Crippen molar-refractivity contribution in [1.82, 2.24) is 14.6 Å². The lowest BCUT2D eigenvalue weighted by Gasteiger charge is -2.20. The number of allylic oxidation sites excluding steroid dienone is 3. The number of aromatic nitrogens is 1. The molecule has 1 aromatic heterocycles. The first-order chi connectivity index (χ1) is 16.1. The first-order valence-corrected chi connectivity index (χ1v) is 13.7. The van der Waals surface area contributed by atoms with Crippen LogP contribution in [-0.4, -0.2) is 41.7 Å². The fourth-order valence-corrected chi connectivity index (χ4v) is 4.80. The Balaban J connectivity index is 0.00000187. The van der Waals surface area contributed by atoms with E-state index in [0.29, 0.717) is 5.19 Å². The number of fused-ring (bicyclic) bond motifs is 1. The van der Waals surface area contributed by atoms with Gasteiger partial charge in [0.25, 0.3) is 5.19 Å². The number of hydrogen-bond acceptors (Lipinski definition) is 6. The topological polar surface area (TPSA) is 54.5 Å². The predicted octanol–water partition coefficient (Wildman–Crippen LogP) is 6.60. The Bertz CT molecular complexity index is 919. The third-order valence-electron chi connectivity index (χ3n) is 5.39. The van der Waals surface area contributed by atoms with E-state index >= 15 is 0 Å². The third-order valence-corrected chi connectivity index (χ3v) is 6.71. The fourth-order valence-electron chi connectivity index (χ4n) is 3.60. The van der Waals surface area contributed by atoms with E-state index in [9.17, 15) is 4.79 Å². The molecule has 2 aromatic rings. The third kappa shape index (κ3) is 8.99. The highest BCUT2D eigenvalue weighted by molar-refractivity contribution is 7.97. The van der Waals surface area contributed by atoms with Gasteiger partial charge in [0.15, 0.2) is 0 Å². The molecule has 2 heterocycles. The summed E-state index contributed by atoms with van der Waals surface area (Å²) in [6, 6.07) is 8.03. The molecule has 7 heteroatoms. The first-order valence-electron chi connectivity index (χ1n) is 11.7. The molecule has 1 unspecified atom stereocenters. The normalized spacial score (nSPS) is 17.3. The van der Waals surface area contributed by atoms with Crippen molar-refractivity contribution in [3.05, 3.63) is 60.4 Å². The number of benzene rings is 1. The largest absolute Gasteiger partial charge is 0.431 e. The summed E-state index contributed by atoms with van der Waals surface area (Å²) >= 11 is 2.93. The maximum atomic E-state index is 12.1. The molecule has 0 bridgehead atoms. The Kier molecular flexibility index (Phi) is 12.3. The second-order valence-corrected chi connectivity index (χ2v) is 9.23. The van der Waals surface area contributed by atoms with Gasteiger partial charge in [0.05, 0.1) is 10.2 Å². The van der Waals surface area contributed by atoms with Gasteiger partial charge in [-0.25, -0.2) is 4.98 Å². The van der Waals surface area contributed by atoms with Crippen LogP contribution in [0.25, 0.3) is 10.2 Å². The first kappa shape index (κ1) is 27.2. The van der Waals surface area contributed by atoms with Crippen LogP contribution in [0.1, 0.15) is 46.5 Å². The minimum Gasteiger partial charge on any atom is -0.431 e. The second-order valence-electron chi connectivity index (χ2n) is 7.62. The highest BCUT2D eigenvalue weighted by Gasteiger charge is 2.22. The van der Waals surface area contributed by atoms with Crippen molar-refractivity contribution in [2.75, 3.05) is 25.9 Å². The minimum atomic E-state index is 0.137. The van der Waals surface area contributed by atoms with Crippen LogP contribution in [0.5, 0.6) is 5.19 Å². The number of likely N-dealkylation sites (tertiary alicyclic amines) is 1. The maximum absolute atomic E-state index is 12.1. The van der Waals surface area contributed by atoms with Gasteiger partial charge in [-0.15, -0.1) is 0 Å². The van der Waals surface area contributed by atoms with Crippen molar-refractivity contribution in [2.45, 2.75) is 46.5 Å². The fraction of sp³-hybridized carbons (Fsp3) is 0.462. The Morgan fingerprint density at radius 1 is 1.30 bits per heavy atom. The lowest BCUT2D eigenvalue weighted by atomic mass is 10.0. The number of nitrogens with one attached hydrogen (secondary N) is 1. The molecule has 0 spiro atoms. The van der Waals surface area contributed by atoms with Gasteiger partial charge < -0.3 is 14.4 Å². The molecule has 1 aliphatic heterocycles. The molecule has 3 rings (SSSR count). The van der Waals surface area contributed by atoms with Crippen LogP contribution < -0.4 is 9.46 Å². The summed E-state index contributed by atoms with van der Waals surface area (Å²) in [4.78, 5) is 19.1. The van der Waals surface area contributed by atoms with E-state index < -0.39 is 0 Å². The standard InChI is InChI=1S/C24H31N3O2S2.C2H6/c1-4-20(29-24-25-21-9-5-6-10-22(21)31-24)12-11-18(2)13-16-27-15-7-8-19(14-17-27)23(28)26-30-3;1-2/h4-6,9-12,19H,2,7-8,13-17H2,1,3H3,(H,26,28);1-2H3/b12-11-,20-4+;.